The maximum atomic E-state index is 12.9. The molecule has 4 N–H and O–H groups in total. The average Bonchev–Trinajstić information content (AvgIpc) is 2.69. The average molecular weight is 647 g/mol. The predicted octanol–water partition coefficient (Wildman–Crippen LogP) is 4.53. The van der Waals surface area contributed by atoms with E-state index in [2.05, 4.69) is 61.9 Å². The van der Waals surface area contributed by atoms with Crippen LogP contribution < -0.4 is 15.8 Å². The molecule has 0 atom stereocenters. The van der Waals surface area contributed by atoms with Crippen LogP contribution in [-0.2, 0) is 16.6 Å². The van der Waals surface area contributed by atoms with Gasteiger partial charge in [0.05, 0.1) is 16.1 Å². The summed E-state index contributed by atoms with van der Waals surface area (Å²) < 4.78 is 24.8. The second-order valence-corrected chi connectivity index (χ2v) is 10.7. The molecule has 0 aromatic heterocycles. The molecule has 0 saturated heterocycles. The minimum absolute atomic E-state index is 0.0366. The van der Waals surface area contributed by atoms with Gasteiger partial charge < -0.3 is 10.6 Å². The maximum Gasteiger partial charge on any atom is 0.253 e. The van der Waals surface area contributed by atoms with Crippen LogP contribution in [0.25, 0.3) is 0 Å². The number of halogens is 2. The molecule has 0 spiro atoms. The Hall–Kier alpha value is -1.70. The minimum atomic E-state index is -3.74. The Morgan fingerprint density at radius 3 is 2.13 bits per heavy atom. The largest absolute Gasteiger partial charge is 0.355 e. The Kier molecular flexibility index (Phi) is 7.37. The lowest BCUT2D eigenvalue weighted by molar-refractivity contribution is 0.0951. The molecule has 3 aromatic carbocycles. The van der Waals surface area contributed by atoms with E-state index in [1.165, 1.54) is 12.1 Å². The molecule has 0 bridgehead atoms. The topological polar surface area (TPSA) is 101 Å². The normalized spacial score (nSPS) is 11.2. The van der Waals surface area contributed by atoms with Crippen LogP contribution in [-0.4, -0.2) is 14.3 Å². The van der Waals surface area contributed by atoms with Crippen molar-refractivity contribution in [2.75, 3.05) is 5.32 Å². The first-order valence-electron chi connectivity index (χ1n) is 8.86. The monoisotopic (exact) mass is 647 g/mol. The third-order valence-corrected chi connectivity index (χ3v) is 6.66. The first-order chi connectivity index (χ1) is 14.1. The lowest BCUT2D eigenvalue weighted by Gasteiger charge is -2.15. The first kappa shape index (κ1) is 23.0. The molecule has 3 aromatic rings. The summed E-state index contributed by atoms with van der Waals surface area (Å²) in [7, 11) is -3.74. The zero-order chi connectivity index (χ0) is 21.9. The van der Waals surface area contributed by atoms with Crippen LogP contribution in [0.15, 0.2) is 65.6 Å². The number of anilines is 2. The summed E-state index contributed by atoms with van der Waals surface area (Å²) in [4.78, 5) is 12.9. The molecule has 3 rings (SSSR count). The molecule has 1 amide bonds. The Bertz CT molecular complexity index is 1200. The van der Waals surface area contributed by atoms with E-state index in [0.717, 1.165) is 24.0 Å². The molecular formula is C21H19I2N3O3S. The van der Waals surface area contributed by atoms with Gasteiger partial charge in [0.15, 0.2) is 0 Å². The summed E-state index contributed by atoms with van der Waals surface area (Å²) in [5.74, 6) is -0.227. The smallest absolute Gasteiger partial charge is 0.253 e. The molecule has 30 heavy (non-hydrogen) atoms. The van der Waals surface area contributed by atoms with Gasteiger partial charge in [-0.3, -0.25) is 4.79 Å². The van der Waals surface area contributed by atoms with Gasteiger partial charge in [-0.15, -0.1) is 0 Å². The van der Waals surface area contributed by atoms with Crippen LogP contribution >= 0.6 is 45.2 Å². The van der Waals surface area contributed by atoms with Gasteiger partial charge in [-0.2, -0.15) is 0 Å². The van der Waals surface area contributed by atoms with Crippen molar-refractivity contribution >= 4 is 72.5 Å². The Morgan fingerprint density at radius 1 is 0.933 bits per heavy atom. The highest BCUT2D eigenvalue weighted by molar-refractivity contribution is 14.1. The SMILES string of the molecule is Cc1cc(I)ccc1Nc1ccc(I)cc1C(=O)NCc1ccc(S(N)(=O)=O)cc1. The van der Waals surface area contributed by atoms with Crippen molar-refractivity contribution < 1.29 is 13.2 Å². The fourth-order valence-corrected chi connectivity index (χ4v) is 4.45. The number of hydrogen-bond acceptors (Lipinski definition) is 4. The fourth-order valence-electron chi connectivity index (χ4n) is 2.80. The van der Waals surface area contributed by atoms with E-state index in [4.69, 9.17) is 5.14 Å². The van der Waals surface area contributed by atoms with Crippen LogP contribution in [0.3, 0.4) is 0 Å². The third kappa shape index (κ3) is 5.93. The van der Waals surface area contributed by atoms with E-state index in [0.29, 0.717) is 11.3 Å². The number of sulfonamides is 1. The standard InChI is InChI=1S/C21H19I2N3O3S/c1-13-10-15(22)4-8-19(13)26-20-9-5-16(23)11-18(20)21(27)25-12-14-2-6-17(7-3-14)30(24,28)29/h2-11,26H,12H2,1H3,(H,25,27)(H2,24,28,29). The van der Waals surface area contributed by atoms with Crippen LogP contribution in [0, 0.1) is 14.1 Å². The zero-order valence-corrected chi connectivity index (χ0v) is 21.1. The van der Waals surface area contributed by atoms with Crippen molar-refractivity contribution in [2.45, 2.75) is 18.4 Å². The van der Waals surface area contributed by atoms with Crippen molar-refractivity contribution in [3.63, 3.8) is 0 Å². The quantitative estimate of drug-likeness (QED) is 0.343. The van der Waals surface area contributed by atoms with E-state index >= 15 is 0 Å². The number of amides is 1. The number of carbonyl (C=O) groups is 1. The third-order valence-electron chi connectivity index (χ3n) is 4.39. The predicted molar refractivity (Wildman–Crippen MR) is 135 cm³/mol. The number of benzene rings is 3. The summed E-state index contributed by atoms with van der Waals surface area (Å²) >= 11 is 4.44. The molecule has 0 saturated carbocycles. The van der Waals surface area contributed by atoms with Gasteiger partial charge >= 0.3 is 0 Å². The van der Waals surface area contributed by atoms with E-state index in [1.807, 2.05) is 37.3 Å². The van der Waals surface area contributed by atoms with Crippen molar-refractivity contribution in [1.29, 1.82) is 0 Å². The van der Waals surface area contributed by atoms with Gasteiger partial charge in [-0.05, 0) is 112 Å². The summed E-state index contributed by atoms with van der Waals surface area (Å²) in [5, 5.41) is 11.3. The van der Waals surface area contributed by atoms with Crippen molar-refractivity contribution in [2.24, 2.45) is 5.14 Å². The van der Waals surface area contributed by atoms with Crippen LogP contribution in [0.1, 0.15) is 21.5 Å². The Morgan fingerprint density at radius 2 is 1.53 bits per heavy atom. The molecule has 0 heterocycles. The van der Waals surface area contributed by atoms with E-state index < -0.39 is 10.0 Å². The molecule has 0 radical (unpaired) electrons. The number of nitrogens with two attached hydrogens (primary N) is 1. The second-order valence-electron chi connectivity index (χ2n) is 6.65. The molecule has 0 aliphatic heterocycles. The minimum Gasteiger partial charge on any atom is -0.355 e. The van der Waals surface area contributed by atoms with Crippen LogP contribution in [0.2, 0.25) is 0 Å². The fraction of sp³-hybridized carbons (Fsp3) is 0.0952. The molecule has 156 valence electrons. The maximum absolute atomic E-state index is 12.9. The zero-order valence-electron chi connectivity index (χ0n) is 15.9. The Labute approximate surface area is 203 Å². The van der Waals surface area contributed by atoms with Gasteiger partial charge in [0.1, 0.15) is 0 Å². The van der Waals surface area contributed by atoms with Crippen LogP contribution in [0.4, 0.5) is 11.4 Å². The number of primary sulfonamides is 1. The number of rotatable bonds is 6. The summed E-state index contributed by atoms with van der Waals surface area (Å²) in [6.45, 7) is 2.28. The Balaban J connectivity index is 1.77. The van der Waals surface area contributed by atoms with E-state index in [9.17, 15) is 13.2 Å². The lowest BCUT2D eigenvalue weighted by atomic mass is 10.1. The number of carbonyl (C=O) groups excluding carboxylic acids is 1. The lowest BCUT2D eigenvalue weighted by Crippen LogP contribution is -2.24. The first-order valence-corrected chi connectivity index (χ1v) is 12.6. The summed E-state index contributed by atoms with van der Waals surface area (Å²) in [5.41, 5.74) is 4.03. The van der Waals surface area contributed by atoms with Crippen molar-refractivity contribution in [3.05, 3.63) is 84.5 Å². The molecule has 0 unspecified atom stereocenters. The van der Waals surface area contributed by atoms with Gasteiger partial charge in [-0.1, -0.05) is 12.1 Å². The molecule has 6 nitrogen and oxygen atoms in total. The van der Waals surface area contributed by atoms with Gasteiger partial charge in [0.2, 0.25) is 10.0 Å². The molecule has 0 fully saturated rings. The number of nitrogens with one attached hydrogen (secondary N) is 2. The number of hydrogen-bond donors (Lipinski definition) is 3. The highest BCUT2D eigenvalue weighted by Gasteiger charge is 2.14. The van der Waals surface area contributed by atoms with Crippen molar-refractivity contribution in [1.82, 2.24) is 5.32 Å². The van der Waals surface area contributed by atoms with Gasteiger partial charge in [0, 0.05) is 19.4 Å². The highest BCUT2D eigenvalue weighted by atomic mass is 127. The molecule has 0 aliphatic carbocycles. The van der Waals surface area contributed by atoms with Crippen molar-refractivity contribution in [3.8, 4) is 0 Å². The van der Waals surface area contributed by atoms with Crippen LogP contribution in [0.5, 0.6) is 0 Å². The van der Waals surface area contributed by atoms with Gasteiger partial charge in [-0.25, -0.2) is 13.6 Å². The molecule has 0 aliphatic rings. The van der Waals surface area contributed by atoms with E-state index in [1.54, 1.807) is 12.1 Å². The summed E-state index contributed by atoms with van der Waals surface area (Å²) in [6, 6.07) is 17.8. The number of aryl methyl sites for hydroxylation is 1. The van der Waals surface area contributed by atoms with E-state index in [-0.39, 0.29) is 17.3 Å². The summed E-state index contributed by atoms with van der Waals surface area (Å²) in [6.07, 6.45) is 0. The highest BCUT2D eigenvalue weighted by Crippen LogP contribution is 2.26. The molecule has 9 heteroatoms. The van der Waals surface area contributed by atoms with Gasteiger partial charge in [0.25, 0.3) is 5.91 Å². The molecular weight excluding hydrogens is 628 g/mol. The second kappa shape index (κ2) is 9.62.